The number of para-hydroxylation sites is 1. The Labute approximate surface area is 88.2 Å². The number of hydrogen-bond acceptors (Lipinski definition) is 2. The fourth-order valence-corrected chi connectivity index (χ4v) is 2.88. The summed E-state index contributed by atoms with van der Waals surface area (Å²) in [5, 5.41) is 2.21. The predicted molar refractivity (Wildman–Crippen MR) is 65.9 cm³/mol. The van der Waals surface area contributed by atoms with Crippen LogP contribution in [0.5, 0.6) is 0 Å². The van der Waals surface area contributed by atoms with Gasteiger partial charge in [-0.25, -0.2) is 0 Å². The molecule has 1 unspecified atom stereocenters. The van der Waals surface area contributed by atoms with Crippen LogP contribution in [0.25, 0.3) is 0 Å². The van der Waals surface area contributed by atoms with Gasteiger partial charge in [-0.1, -0.05) is 24.1 Å². The Kier molecular flexibility index (Phi) is 2.61. The van der Waals surface area contributed by atoms with E-state index in [2.05, 4.69) is 53.7 Å². The Morgan fingerprint density at radius 2 is 2.00 bits per heavy atom. The molecule has 1 aromatic carbocycles. The largest absolute Gasteiger partial charge is 0.300 e. The van der Waals surface area contributed by atoms with Gasteiger partial charge in [0.2, 0.25) is 0 Å². The van der Waals surface area contributed by atoms with Crippen LogP contribution >= 0.6 is 10.7 Å². The van der Waals surface area contributed by atoms with Crippen molar-refractivity contribution < 1.29 is 0 Å². The van der Waals surface area contributed by atoms with Gasteiger partial charge in [0.15, 0.2) is 0 Å². The molecule has 2 nitrogen and oxygen atoms in total. The molecule has 1 aliphatic heterocycles. The third kappa shape index (κ3) is 1.57. The molecule has 0 radical (unpaired) electrons. The van der Waals surface area contributed by atoms with Gasteiger partial charge in [-0.3, -0.25) is 5.01 Å². The molecule has 0 spiro atoms. The number of rotatable bonds is 0. The molecule has 3 heteroatoms. The Morgan fingerprint density at radius 1 is 1.29 bits per heavy atom. The highest BCUT2D eigenvalue weighted by atomic mass is 32.2. The quantitative estimate of drug-likeness (QED) is 0.603. The van der Waals surface area contributed by atoms with Crippen LogP contribution in [0.3, 0.4) is 0 Å². The van der Waals surface area contributed by atoms with Crippen molar-refractivity contribution in [3.05, 3.63) is 29.8 Å². The summed E-state index contributed by atoms with van der Waals surface area (Å²) in [7, 11) is 4.32. The van der Waals surface area contributed by atoms with Gasteiger partial charge >= 0.3 is 0 Å². The number of benzene rings is 1. The molecule has 0 saturated carbocycles. The summed E-state index contributed by atoms with van der Waals surface area (Å²) >= 11 is 0. The van der Waals surface area contributed by atoms with Crippen LogP contribution in [-0.4, -0.2) is 30.1 Å². The molecule has 0 amide bonds. The molecule has 1 aromatic rings. The lowest BCUT2D eigenvalue weighted by Gasteiger charge is -2.30. The van der Waals surface area contributed by atoms with E-state index >= 15 is 0 Å². The standard InChI is InChI=1S/C11H16N2S/c1-12-11-7-5-4-6-10(11)8-9-14(3)13(12)2/h4-7H,3,8-9H2,1-2H3. The van der Waals surface area contributed by atoms with E-state index in [1.807, 2.05) is 0 Å². The minimum Gasteiger partial charge on any atom is -0.300 e. The van der Waals surface area contributed by atoms with Crippen LogP contribution in [0.2, 0.25) is 0 Å². The van der Waals surface area contributed by atoms with Crippen LogP contribution in [-0.2, 0) is 6.42 Å². The molecule has 0 fully saturated rings. The second kappa shape index (κ2) is 3.75. The number of hydrazine groups is 1. The van der Waals surface area contributed by atoms with Gasteiger partial charge in [-0.05, 0) is 18.1 Å². The second-order valence-corrected chi connectivity index (χ2v) is 5.39. The third-order valence-corrected chi connectivity index (χ3v) is 4.41. The van der Waals surface area contributed by atoms with E-state index in [0.717, 1.165) is 12.2 Å². The van der Waals surface area contributed by atoms with Gasteiger partial charge in [0.1, 0.15) is 0 Å². The molecule has 0 N–H and O–H groups in total. The van der Waals surface area contributed by atoms with Crippen LogP contribution in [0.1, 0.15) is 5.56 Å². The van der Waals surface area contributed by atoms with E-state index in [0.29, 0.717) is 0 Å². The maximum absolute atomic E-state index is 4.18. The smallest absolute Gasteiger partial charge is 0.0559 e. The first kappa shape index (κ1) is 9.74. The van der Waals surface area contributed by atoms with Gasteiger partial charge in [0.25, 0.3) is 0 Å². The zero-order valence-corrected chi connectivity index (χ0v) is 9.55. The summed E-state index contributed by atoms with van der Waals surface area (Å²) in [4.78, 5) is 0. The van der Waals surface area contributed by atoms with Crippen molar-refractivity contribution in [2.75, 3.05) is 24.9 Å². The average Bonchev–Trinajstić information content (AvgIpc) is 2.32. The van der Waals surface area contributed by atoms with Crippen LogP contribution in [0.4, 0.5) is 5.69 Å². The molecule has 1 heterocycles. The Balaban J connectivity index is 2.45. The van der Waals surface area contributed by atoms with Gasteiger partial charge < -0.3 is 0 Å². The van der Waals surface area contributed by atoms with Crippen molar-refractivity contribution in [3.8, 4) is 0 Å². The van der Waals surface area contributed by atoms with Crippen molar-refractivity contribution in [2.24, 2.45) is 0 Å². The summed E-state index contributed by atoms with van der Waals surface area (Å²) in [5.41, 5.74) is 2.74. The second-order valence-electron chi connectivity index (χ2n) is 3.53. The topological polar surface area (TPSA) is 6.48 Å². The number of anilines is 1. The molecule has 1 atom stereocenters. The first-order valence-electron chi connectivity index (χ1n) is 4.76. The maximum atomic E-state index is 4.18. The molecule has 1 aliphatic rings. The molecular weight excluding hydrogens is 192 g/mol. The van der Waals surface area contributed by atoms with Gasteiger partial charge in [-0.2, -0.15) is 4.41 Å². The highest BCUT2D eigenvalue weighted by Crippen LogP contribution is 2.31. The van der Waals surface area contributed by atoms with Crippen LogP contribution < -0.4 is 5.01 Å². The fraction of sp³-hybridized carbons (Fsp3) is 0.364. The zero-order chi connectivity index (χ0) is 10.1. The van der Waals surface area contributed by atoms with E-state index in [1.165, 1.54) is 11.3 Å². The van der Waals surface area contributed by atoms with Crippen molar-refractivity contribution in [3.63, 3.8) is 0 Å². The number of hydrogen-bond donors (Lipinski definition) is 0. The van der Waals surface area contributed by atoms with Crippen molar-refractivity contribution >= 4 is 22.2 Å². The summed E-state index contributed by atoms with van der Waals surface area (Å²) < 4.78 is 2.23. The first-order valence-corrected chi connectivity index (χ1v) is 6.28. The highest BCUT2D eigenvalue weighted by molar-refractivity contribution is 8.12. The Hall–Kier alpha value is -0.800. The van der Waals surface area contributed by atoms with E-state index in [1.54, 1.807) is 0 Å². The summed E-state index contributed by atoms with van der Waals surface area (Å²) in [6.45, 7) is 0. The SMILES string of the molecule is C=S1CCc2ccccc2N(C)N1C. The average molecular weight is 208 g/mol. The lowest BCUT2D eigenvalue weighted by atomic mass is 10.1. The molecule has 0 aliphatic carbocycles. The van der Waals surface area contributed by atoms with Gasteiger partial charge in [0.05, 0.1) is 5.69 Å². The van der Waals surface area contributed by atoms with Crippen LogP contribution in [0, 0.1) is 0 Å². The van der Waals surface area contributed by atoms with Crippen molar-refractivity contribution in [1.82, 2.24) is 4.41 Å². The number of fused-ring (bicyclic) bond motifs is 1. The minimum absolute atomic E-state index is 0.101. The molecule has 14 heavy (non-hydrogen) atoms. The van der Waals surface area contributed by atoms with E-state index < -0.39 is 0 Å². The van der Waals surface area contributed by atoms with Crippen molar-refractivity contribution in [1.29, 1.82) is 0 Å². The monoisotopic (exact) mass is 208 g/mol. The molecular formula is C11H16N2S. The Bertz CT molecular complexity index is 362. The molecule has 0 aromatic heterocycles. The van der Waals surface area contributed by atoms with E-state index in [-0.39, 0.29) is 10.7 Å². The molecule has 0 saturated heterocycles. The summed E-state index contributed by atoms with van der Waals surface area (Å²) in [6, 6.07) is 8.59. The lowest BCUT2D eigenvalue weighted by Crippen LogP contribution is -2.31. The summed E-state index contributed by atoms with van der Waals surface area (Å²) in [5.74, 6) is 5.33. The summed E-state index contributed by atoms with van der Waals surface area (Å²) in [6.07, 6.45) is 1.14. The molecule has 2 rings (SSSR count). The lowest BCUT2D eigenvalue weighted by molar-refractivity contribution is 0.554. The zero-order valence-electron chi connectivity index (χ0n) is 8.73. The highest BCUT2D eigenvalue weighted by Gasteiger charge is 2.17. The first-order chi connectivity index (χ1) is 6.70. The normalized spacial score (nSPS) is 23.0. The van der Waals surface area contributed by atoms with E-state index in [4.69, 9.17) is 0 Å². The maximum Gasteiger partial charge on any atom is 0.0559 e. The number of aryl methyl sites for hydroxylation is 1. The van der Waals surface area contributed by atoms with E-state index in [9.17, 15) is 0 Å². The Morgan fingerprint density at radius 3 is 2.79 bits per heavy atom. The minimum atomic E-state index is 0.101. The third-order valence-electron chi connectivity index (χ3n) is 2.74. The van der Waals surface area contributed by atoms with Crippen LogP contribution in [0.15, 0.2) is 24.3 Å². The molecule has 76 valence electrons. The molecule has 0 bridgehead atoms. The predicted octanol–water partition coefficient (Wildman–Crippen LogP) is 2.14. The van der Waals surface area contributed by atoms with Gasteiger partial charge in [0, 0.05) is 19.8 Å². The van der Waals surface area contributed by atoms with Gasteiger partial charge in [-0.15, -0.1) is 10.7 Å². The van der Waals surface area contributed by atoms with Crippen molar-refractivity contribution in [2.45, 2.75) is 6.42 Å². The number of nitrogens with zero attached hydrogens (tertiary/aromatic N) is 2. The fourth-order valence-electron chi connectivity index (χ4n) is 1.72.